The summed E-state index contributed by atoms with van der Waals surface area (Å²) in [5.74, 6) is 0.214. The van der Waals surface area contributed by atoms with Crippen LogP contribution in [0.3, 0.4) is 0 Å². The number of hydrogen-bond donors (Lipinski definition) is 1. The summed E-state index contributed by atoms with van der Waals surface area (Å²) in [6.07, 6.45) is 3.74. The highest BCUT2D eigenvalue weighted by molar-refractivity contribution is 6.02. The minimum atomic E-state index is 0.214. The zero-order valence-electron chi connectivity index (χ0n) is 7.55. The van der Waals surface area contributed by atoms with E-state index < -0.39 is 0 Å². The van der Waals surface area contributed by atoms with Crippen molar-refractivity contribution in [1.82, 2.24) is 0 Å². The van der Waals surface area contributed by atoms with Crippen LogP contribution in [-0.2, 0) is 6.42 Å². The Labute approximate surface area is 77.8 Å². The molecule has 0 saturated heterocycles. The summed E-state index contributed by atoms with van der Waals surface area (Å²) >= 11 is 0. The second-order valence-corrected chi connectivity index (χ2v) is 3.51. The molecule has 1 aromatic rings. The summed E-state index contributed by atoms with van der Waals surface area (Å²) in [6.45, 7) is 0. The van der Waals surface area contributed by atoms with Crippen molar-refractivity contribution in [1.29, 1.82) is 0 Å². The highest BCUT2D eigenvalue weighted by atomic mass is 16.1. The molecular formula is C11H13NO. The molecule has 0 saturated carbocycles. The maximum absolute atomic E-state index is 11.6. The molecule has 0 aliphatic heterocycles. The molecule has 0 heterocycles. The number of rotatable bonds is 0. The van der Waals surface area contributed by atoms with Crippen LogP contribution in [0.5, 0.6) is 0 Å². The number of aryl methyl sites for hydroxylation is 1. The van der Waals surface area contributed by atoms with Crippen molar-refractivity contribution in [2.45, 2.75) is 25.7 Å². The molecule has 1 aliphatic carbocycles. The summed E-state index contributed by atoms with van der Waals surface area (Å²) in [7, 11) is 0. The van der Waals surface area contributed by atoms with Crippen molar-refractivity contribution in [3.63, 3.8) is 0 Å². The summed E-state index contributed by atoms with van der Waals surface area (Å²) in [5, 5.41) is 0. The number of carbonyl (C=O) groups is 1. The van der Waals surface area contributed by atoms with Crippen molar-refractivity contribution in [3.8, 4) is 0 Å². The quantitative estimate of drug-likeness (QED) is 0.485. The Balaban J connectivity index is 2.55. The molecule has 68 valence electrons. The summed E-state index contributed by atoms with van der Waals surface area (Å²) < 4.78 is 0. The molecule has 1 aromatic carbocycles. The van der Waals surface area contributed by atoms with E-state index in [1.807, 2.05) is 18.2 Å². The molecular weight excluding hydrogens is 162 g/mol. The average molecular weight is 175 g/mol. The van der Waals surface area contributed by atoms with Gasteiger partial charge in [0.25, 0.3) is 0 Å². The molecule has 0 atom stereocenters. The molecule has 0 fully saturated rings. The largest absolute Gasteiger partial charge is 0.398 e. The molecule has 1 aliphatic rings. The smallest absolute Gasteiger partial charge is 0.165 e. The third-order valence-electron chi connectivity index (χ3n) is 2.56. The van der Waals surface area contributed by atoms with E-state index in [9.17, 15) is 4.79 Å². The third kappa shape index (κ3) is 1.44. The van der Waals surface area contributed by atoms with Crippen LogP contribution >= 0.6 is 0 Å². The first-order valence-electron chi connectivity index (χ1n) is 4.69. The topological polar surface area (TPSA) is 43.1 Å². The third-order valence-corrected chi connectivity index (χ3v) is 2.56. The number of Topliss-reactive ketones (excluding diaryl/α,β-unsaturated/α-hetero) is 1. The lowest BCUT2D eigenvalue weighted by Gasteiger charge is -2.06. The van der Waals surface area contributed by atoms with Crippen LogP contribution in [0.25, 0.3) is 0 Å². The van der Waals surface area contributed by atoms with Crippen molar-refractivity contribution in [2.75, 3.05) is 5.73 Å². The molecule has 2 N–H and O–H groups in total. The van der Waals surface area contributed by atoms with Gasteiger partial charge in [0.05, 0.1) is 0 Å². The maximum atomic E-state index is 11.6. The van der Waals surface area contributed by atoms with Crippen LogP contribution < -0.4 is 5.73 Å². The van der Waals surface area contributed by atoms with E-state index in [4.69, 9.17) is 5.73 Å². The molecule has 0 spiro atoms. The van der Waals surface area contributed by atoms with Gasteiger partial charge in [0.2, 0.25) is 0 Å². The first-order chi connectivity index (χ1) is 6.29. The number of benzene rings is 1. The standard InChI is InChI=1S/C11H13NO/c12-9-6-3-5-8-4-1-2-7-10(13)11(8)9/h3,5-6H,1-2,4,7,12H2. The number of carbonyl (C=O) groups excluding carboxylic acids is 1. The van der Waals surface area contributed by atoms with Crippen LogP contribution in [0.4, 0.5) is 5.69 Å². The average Bonchev–Trinajstić information content (AvgIpc) is 2.29. The first-order valence-corrected chi connectivity index (χ1v) is 4.69. The van der Waals surface area contributed by atoms with Gasteiger partial charge in [-0.25, -0.2) is 0 Å². The van der Waals surface area contributed by atoms with E-state index in [1.54, 1.807) is 0 Å². The van der Waals surface area contributed by atoms with Crippen LogP contribution in [0, 0.1) is 0 Å². The molecule has 0 bridgehead atoms. The summed E-state index contributed by atoms with van der Waals surface area (Å²) in [6, 6.07) is 5.74. The Morgan fingerprint density at radius 1 is 1.15 bits per heavy atom. The fourth-order valence-corrected chi connectivity index (χ4v) is 1.89. The van der Waals surface area contributed by atoms with Gasteiger partial charge in [-0.3, -0.25) is 4.79 Å². The Kier molecular flexibility index (Phi) is 2.05. The van der Waals surface area contributed by atoms with E-state index in [1.165, 1.54) is 0 Å². The number of nitrogens with two attached hydrogens (primary N) is 1. The van der Waals surface area contributed by atoms with Crippen molar-refractivity contribution < 1.29 is 4.79 Å². The van der Waals surface area contributed by atoms with Crippen molar-refractivity contribution >= 4 is 11.5 Å². The van der Waals surface area contributed by atoms with Gasteiger partial charge in [-0.2, -0.15) is 0 Å². The fourth-order valence-electron chi connectivity index (χ4n) is 1.89. The molecule has 13 heavy (non-hydrogen) atoms. The van der Waals surface area contributed by atoms with Crippen LogP contribution in [0.1, 0.15) is 35.2 Å². The van der Waals surface area contributed by atoms with Crippen LogP contribution in [-0.4, -0.2) is 5.78 Å². The summed E-state index contributed by atoms with van der Waals surface area (Å²) in [5.41, 5.74) is 8.33. The maximum Gasteiger partial charge on any atom is 0.165 e. The van der Waals surface area contributed by atoms with Gasteiger partial charge < -0.3 is 5.73 Å². The monoisotopic (exact) mass is 175 g/mol. The van der Waals surface area contributed by atoms with Gasteiger partial charge in [0.1, 0.15) is 0 Å². The predicted molar refractivity (Wildman–Crippen MR) is 52.7 cm³/mol. The molecule has 0 aromatic heterocycles. The lowest BCUT2D eigenvalue weighted by Crippen LogP contribution is -2.04. The number of nitrogen functional groups attached to an aromatic ring is 1. The molecule has 0 radical (unpaired) electrons. The van der Waals surface area contributed by atoms with Gasteiger partial charge >= 0.3 is 0 Å². The highest BCUT2D eigenvalue weighted by Crippen LogP contribution is 2.24. The van der Waals surface area contributed by atoms with Gasteiger partial charge in [-0.15, -0.1) is 0 Å². The zero-order valence-corrected chi connectivity index (χ0v) is 7.55. The minimum Gasteiger partial charge on any atom is -0.398 e. The fraction of sp³-hybridized carbons (Fsp3) is 0.364. The SMILES string of the molecule is Nc1cccc2c1C(=O)CCCC2. The van der Waals surface area contributed by atoms with Crippen LogP contribution in [0.2, 0.25) is 0 Å². The van der Waals surface area contributed by atoms with Gasteiger partial charge in [-0.1, -0.05) is 12.1 Å². The number of fused-ring (bicyclic) bond motifs is 1. The lowest BCUT2D eigenvalue weighted by atomic mass is 10.0. The number of ketones is 1. The van der Waals surface area contributed by atoms with Gasteiger partial charge in [-0.05, 0) is 30.9 Å². The van der Waals surface area contributed by atoms with E-state index >= 15 is 0 Å². The van der Waals surface area contributed by atoms with Crippen molar-refractivity contribution in [3.05, 3.63) is 29.3 Å². The molecule has 2 rings (SSSR count). The number of anilines is 1. The normalized spacial score (nSPS) is 16.5. The van der Waals surface area contributed by atoms with Gasteiger partial charge in [0.15, 0.2) is 5.78 Å². The Morgan fingerprint density at radius 3 is 2.77 bits per heavy atom. The van der Waals surface area contributed by atoms with Crippen molar-refractivity contribution in [2.24, 2.45) is 0 Å². The first kappa shape index (κ1) is 8.30. The Hall–Kier alpha value is -1.31. The second kappa shape index (κ2) is 3.21. The van der Waals surface area contributed by atoms with Crippen LogP contribution in [0.15, 0.2) is 18.2 Å². The molecule has 2 nitrogen and oxygen atoms in total. The van der Waals surface area contributed by atoms with Gasteiger partial charge in [0, 0.05) is 17.7 Å². The highest BCUT2D eigenvalue weighted by Gasteiger charge is 2.17. The second-order valence-electron chi connectivity index (χ2n) is 3.51. The molecule has 0 amide bonds. The van der Waals surface area contributed by atoms with E-state index in [2.05, 4.69) is 0 Å². The summed E-state index contributed by atoms with van der Waals surface area (Å²) in [4.78, 5) is 11.6. The van der Waals surface area contributed by atoms with E-state index in [-0.39, 0.29) is 5.78 Å². The van der Waals surface area contributed by atoms with E-state index in [0.29, 0.717) is 12.1 Å². The molecule has 0 unspecified atom stereocenters. The van der Waals surface area contributed by atoms with E-state index in [0.717, 1.165) is 30.4 Å². The number of hydrogen-bond acceptors (Lipinski definition) is 2. The lowest BCUT2D eigenvalue weighted by molar-refractivity contribution is 0.0983. The Morgan fingerprint density at radius 2 is 1.92 bits per heavy atom. The zero-order chi connectivity index (χ0) is 9.26. The molecule has 2 heteroatoms. The minimum absolute atomic E-state index is 0.214. The Bertz CT molecular complexity index is 344. The predicted octanol–water partition coefficient (Wildman–Crippen LogP) is 2.18.